The van der Waals surface area contributed by atoms with Crippen LogP contribution >= 0.6 is 35.3 Å². The Bertz CT molecular complexity index is 1790. The van der Waals surface area contributed by atoms with E-state index in [-0.39, 0.29) is 23.0 Å². The molecule has 0 saturated carbocycles. The number of methoxy groups -OCH3 is 1. The molecule has 0 fully saturated rings. The highest BCUT2D eigenvalue weighted by Crippen LogP contribution is 2.26. The van der Waals surface area contributed by atoms with Gasteiger partial charge in [0.2, 0.25) is 5.91 Å². The van der Waals surface area contributed by atoms with Crippen LogP contribution in [0.25, 0.3) is 16.0 Å². The first-order valence-electron chi connectivity index (χ1n) is 11.4. The lowest BCUT2D eigenvalue weighted by atomic mass is 10.2. The standard InChI is InChI=1S/C26H19FN4O5S3/c1-35-24(34)18-6-2-3-7-19(18)28-20(32)14-38-25-29-22-21(23(33)31(25)16-10-8-15(27)9-11-16)39-26(37)30(22)13-17-5-4-12-36-17/h2-12H,13-14H2,1H3,(H,28,32). The van der Waals surface area contributed by atoms with Gasteiger partial charge in [0, 0.05) is 0 Å². The number of hydrogen-bond acceptors (Lipinski definition) is 9. The van der Waals surface area contributed by atoms with Crippen molar-refractivity contribution in [2.24, 2.45) is 0 Å². The number of furan rings is 1. The minimum Gasteiger partial charge on any atom is -0.467 e. The van der Waals surface area contributed by atoms with Gasteiger partial charge in [-0.25, -0.2) is 14.2 Å². The van der Waals surface area contributed by atoms with E-state index in [0.717, 1.165) is 23.1 Å². The number of thiazole rings is 1. The van der Waals surface area contributed by atoms with Crippen LogP contribution in [0.4, 0.5) is 10.1 Å². The molecule has 0 atom stereocenters. The van der Waals surface area contributed by atoms with Gasteiger partial charge < -0.3 is 14.5 Å². The quantitative estimate of drug-likeness (QED) is 0.114. The van der Waals surface area contributed by atoms with Crippen LogP contribution in [-0.2, 0) is 16.1 Å². The van der Waals surface area contributed by atoms with Crippen LogP contribution < -0.4 is 10.9 Å². The molecule has 0 aliphatic heterocycles. The number of halogens is 1. The number of aromatic nitrogens is 3. The molecule has 0 unspecified atom stereocenters. The number of rotatable bonds is 8. The molecular formula is C26H19FN4O5S3. The van der Waals surface area contributed by atoms with Crippen LogP contribution in [0.15, 0.2) is 81.3 Å². The fourth-order valence-corrected chi connectivity index (χ4v) is 5.85. The van der Waals surface area contributed by atoms with E-state index in [4.69, 9.17) is 26.4 Å². The fraction of sp³-hybridized carbons (Fsp3) is 0.115. The number of esters is 1. The van der Waals surface area contributed by atoms with Gasteiger partial charge >= 0.3 is 5.97 Å². The SMILES string of the molecule is COC(=O)c1ccccc1NC(=O)CSc1nc2c(sc(=S)n2Cc2ccco2)c(=O)n1-c1ccc(F)cc1. The van der Waals surface area contributed by atoms with Gasteiger partial charge in [-0.1, -0.05) is 35.2 Å². The zero-order valence-corrected chi connectivity index (χ0v) is 22.7. The molecule has 3 heterocycles. The Morgan fingerprint density at radius 3 is 2.64 bits per heavy atom. The highest BCUT2D eigenvalue weighted by atomic mass is 32.2. The summed E-state index contributed by atoms with van der Waals surface area (Å²) < 4.78 is 27.6. The summed E-state index contributed by atoms with van der Waals surface area (Å²) in [7, 11) is 1.25. The molecule has 1 amide bonds. The van der Waals surface area contributed by atoms with Gasteiger partial charge in [0.1, 0.15) is 16.3 Å². The van der Waals surface area contributed by atoms with E-state index in [1.165, 1.54) is 42.0 Å². The molecule has 0 aliphatic carbocycles. The second-order valence-electron chi connectivity index (χ2n) is 8.07. The summed E-state index contributed by atoms with van der Waals surface area (Å²) in [6.45, 7) is 0.272. The molecule has 0 saturated heterocycles. The largest absolute Gasteiger partial charge is 0.467 e. The molecule has 9 nitrogen and oxygen atoms in total. The summed E-state index contributed by atoms with van der Waals surface area (Å²) in [4.78, 5) is 43.4. The molecule has 0 aliphatic rings. The Morgan fingerprint density at radius 2 is 1.92 bits per heavy atom. The van der Waals surface area contributed by atoms with Crippen molar-refractivity contribution in [1.82, 2.24) is 14.1 Å². The number of hydrogen-bond donors (Lipinski definition) is 1. The van der Waals surface area contributed by atoms with Gasteiger partial charge in [-0.2, -0.15) is 0 Å². The van der Waals surface area contributed by atoms with Crippen molar-refractivity contribution in [3.05, 3.63) is 98.4 Å². The summed E-state index contributed by atoms with van der Waals surface area (Å²) >= 11 is 7.65. The van der Waals surface area contributed by atoms with E-state index in [2.05, 4.69) is 5.32 Å². The van der Waals surface area contributed by atoms with Crippen molar-refractivity contribution in [1.29, 1.82) is 0 Å². The van der Waals surface area contributed by atoms with Crippen molar-refractivity contribution in [2.75, 3.05) is 18.2 Å². The second kappa shape index (κ2) is 11.4. The van der Waals surface area contributed by atoms with E-state index in [1.54, 1.807) is 41.2 Å². The Hall–Kier alpha value is -4.07. The third-order valence-corrected chi connectivity index (χ3v) is 7.94. The third-order valence-electron chi connectivity index (χ3n) is 5.58. The van der Waals surface area contributed by atoms with Gasteiger partial charge in [-0.05, 0) is 60.7 Å². The first kappa shape index (κ1) is 26.5. The van der Waals surface area contributed by atoms with Crippen LogP contribution in [0.5, 0.6) is 0 Å². The molecular weight excluding hydrogens is 564 g/mol. The molecule has 3 aromatic heterocycles. The molecule has 2 aromatic carbocycles. The highest BCUT2D eigenvalue weighted by molar-refractivity contribution is 7.99. The zero-order valence-electron chi connectivity index (χ0n) is 20.3. The maximum Gasteiger partial charge on any atom is 0.339 e. The number of fused-ring (bicyclic) bond motifs is 1. The first-order valence-corrected chi connectivity index (χ1v) is 13.6. The monoisotopic (exact) mass is 582 g/mol. The second-order valence-corrected chi connectivity index (χ2v) is 10.7. The fourth-order valence-electron chi connectivity index (χ4n) is 3.79. The van der Waals surface area contributed by atoms with E-state index < -0.39 is 23.3 Å². The number of carbonyl (C=O) groups is 2. The maximum atomic E-state index is 13.7. The van der Waals surface area contributed by atoms with Crippen LogP contribution in [0.1, 0.15) is 16.1 Å². The number of anilines is 1. The zero-order chi connectivity index (χ0) is 27.5. The Morgan fingerprint density at radius 1 is 1.15 bits per heavy atom. The summed E-state index contributed by atoms with van der Waals surface area (Å²) in [6.07, 6.45) is 1.54. The van der Waals surface area contributed by atoms with Gasteiger partial charge in [0.25, 0.3) is 5.56 Å². The summed E-state index contributed by atoms with van der Waals surface area (Å²) in [5.74, 6) is -0.993. The predicted molar refractivity (Wildman–Crippen MR) is 149 cm³/mol. The van der Waals surface area contributed by atoms with Gasteiger partial charge in [0.05, 0.1) is 42.6 Å². The first-order chi connectivity index (χ1) is 18.9. The number of ether oxygens (including phenoxy) is 1. The van der Waals surface area contributed by atoms with E-state index in [9.17, 15) is 18.8 Å². The molecule has 39 heavy (non-hydrogen) atoms. The normalized spacial score (nSPS) is 11.0. The summed E-state index contributed by atoms with van der Waals surface area (Å²) in [5, 5.41) is 2.91. The van der Waals surface area contributed by atoms with Crippen molar-refractivity contribution < 1.29 is 23.1 Å². The summed E-state index contributed by atoms with van der Waals surface area (Å²) in [5.41, 5.74) is 0.825. The van der Waals surface area contributed by atoms with E-state index >= 15 is 0 Å². The molecule has 5 aromatic rings. The van der Waals surface area contributed by atoms with Gasteiger partial charge in [-0.3, -0.25) is 18.7 Å². The van der Waals surface area contributed by atoms with Gasteiger partial charge in [-0.15, -0.1) is 0 Å². The van der Waals surface area contributed by atoms with E-state index in [1.807, 2.05) is 0 Å². The number of nitrogens with zero attached hydrogens (tertiary/aromatic N) is 3. The Kier molecular flexibility index (Phi) is 7.72. The number of carbonyl (C=O) groups excluding carboxylic acids is 2. The third kappa shape index (κ3) is 5.55. The minimum atomic E-state index is -0.589. The number of benzene rings is 2. The number of amides is 1. The van der Waals surface area contributed by atoms with Crippen molar-refractivity contribution in [3.63, 3.8) is 0 Å². The number of para-hydroxylation sites is 1. The Balaban J connectivity index is 1.52. The van der Waals surface area contributed by atoms with Crippen molar-refractivity contribution >= 4 is 63.2 Å². The molecule has 1 N–H and O–H groups in total. The lowest BCUT2D eigenvalue weighted by Crippen LogP contribution is -2.23. The van der Waals surface area contributed by atoms with Crippen molar-refractivity contribution in [2.45, 2.75) is 11.7 Å². The lowest BCUT2D eigenvalue weighted by Gasteiger charge is -2.13. The molecule has 0 bridgehead atoms. The van der Waals surface area contributed by atoms with Crippen LogP contribution in [0.3, 0.4) is 0 Å². The maximum absolute atomic E-state index is 13.7. The van der Waals surface area contributed by atoms with Crippen LogP contribution in [-0.4, -0.2) is 38.9 Å². The van der Waals surface area contributed by atoms with E-state index in [0.29, 0.717) is 31.4 Å². The number of thioether (sulfide) groups is 1. The minimum absolute atomic E-state index is 0.141. The topological polar surface area (TPSA) is 108 Å². The predicted octanol–water partition coefficient (Wildman–Crippen LogP) is 5.28. The molecule has 198 valence electrons. The molecule has 0 radical (unpaired) electrons. The molecule has 5 rings (SSSR count). The van der Waals surface area contributed by atoms with Gasteiger partial charge in [0.15, 0.2) is 14.8 Å². The van der Waals surface area contributed by atoms with Crippen LogP contribution in [0, 0.1) is 9.77 Å². The average Bonchev–Trinajstić information content (AvgIpc) is 3.56. The smallest absolute Gasteiger partial charge is 0.339 e. The highest BCUT2D eigenvalue weighted by Gasteiger charge is 2.20. The Labute approximate surface area is 233 Å². The number of nitrogens with one attached hydrogen (secondary N) is 1. The van der Waals surface area contributed by atoms with Crippen LogP contribution in [0.2, 0.25) is 0 Å². The molecule has 13 heteroatoms. The molecule has 0 spiro atoms. The lowest BCUT2D eigenvalue weighted by molar-refractivity contribution is -0.113. The average molecular weight is 583 g/mol. The van der Waals surface area contributed by atoms with Crippen molar-refractivity contribution in [3.8, 4) is 5.69 Å². The summed E-state index contributed by atoms with van der Waals surface area (Å²) in [6, 6.07) is 15.4.